The molecule has 1 aromatic heterocycles. The van der Waals surface area contributed by atoms with Crippen LogP contribution in [0, 0.1) is 0 Å². The van der Waals surface area contributed by atoms with Gasteiger partial charge in [-0.2, -0.15) is 0 Å². The van der Waals surface area contributed by atoms with Gasteiger partial charge in [0.05, 0.1) is 14.2 Å². The molecule has 2 aliphatic rings. The topological polar surface area (TPSA) is 97.1 Å². The molecule has 1 saturated heterocycles. The van der Waals surface area contributed by atoms with Crippen LogP contribution in [0.25, 0.3) is 0 Å². The van der Waals surface area contributed by atoms with E-state index in [4.69, 9.17) is 15.2 Å². The average Bonchev–Trinajstić information content (AvgIpc) is 3.55. The summed E-state index contributed by atoms with van der Waals surface area (Å²) in [6.45, 7) is 2.02. The molecule has 1 saturated carbocycles. The molecule has 1 aliphatic heterocycles. The first kappa shape index (κ1) is 30.1. The fraction of sp³-hybridized carbons (Fsp3) is 0.455. The van der Waals surface area contributed by atoms with Gasteiger partial charge >= 0.3 is 0 Å². The monoisotopic (exact) mass is 590 g/mol. The summed E-state index contributed by atoms with van der Waals surface area (Å²) in [5.74, 6) is 1.24. The summed E-state index contributed by atoms with van der Waals surface area (Å²) >= 11 is 1.74. The Hall–Kier alpha value is -3.40. The van der Waals surface area contributed by atoms with Crippen LogP contribution in [-0.2, 0) is 17.9 Å². The second-order valence-corrected chi connectivity index (χ2v) is 12.4. The highest BCUT2D eigenvalue weighted by Crippen LogP contribution is 2.29. The van der Waals surface area contributed by atoms with Crippen molar-refractivity contribution < 1.29 is 19.1 Å². The number of nitrogens with zero attached hydrogens (tertiary/aromatic N) is 2. The largest absolute Gasteiger partial charge is 0.497 e. The van der Waals surface area contributed by atoms with Gasteiger partial charge in [-0.1, -0.05) is 24.3 Å². The van der Waals surface area contributed by atoms with Crippen LogP contribution in [0.15, 0.2) is 66.0 Å². The number of nitrogens with two attached hydrogens (primary N) is 1. The van der Waals surface area contributed by atoms with E-state index in [-0.39, 0.29) is 29.9 Å². The summed E-state index contributed by atoms with van der Waals surface area (Å²) in [6.07, 6.45) is 4.89. The lowest BCUT2D eigenvalue weighted by Gasteiger charge is -2.43. The van der Waals surface area contributed by atoms with Gasteiger partial charge < -0.3 is 25.4 Å². The van der Waals surface area contributed by atoms with Crippen LogP contribution >= 0.6 is 11.3 Å². The van der Waals surface area contributed by atoms with E-state index >= 15 is 0 Å². The predicted molar refractivity (Wildman–Crippen MR) is 166 cm³/mol. The van der Waals surface area contributed by atoms with E-state index in [0.717, 1.165) is 50.9 Å². The van der Waals surface area contributed by atoms with E-state index < -0.39 is 6.04 Å². The van der Waals surface area contributed by atoms with Crippen LogP contribution in [0.5, 0.6) is 11.5 Å². The van der Waals surface area contributed by atoms with Crippen LogP contribution in [0.2, 0.25) is 0 Å². The molecule has 5 rings (SSSR count). The number of carbonyl (C=O) groups is 2. The minimum atomic E-state index is -0.570. The first-order valence-corrected chi connectivity index (χ1v) is 15.7. The van der Waals surface area contributed by atoms with E-state index in [1.165, 1.54) is 10.4 Å². The summed E-state index contributed by atoms with van der Waals surface area (Å²) < 4.78 is 10.7. The molecule has 2 aromatic carbocycles. The Balaban J connectivity index is 1.39. The summed E-state index contributed by atoms with van der Waals surface area (Å²) in [7, 11) is 3.26. The van der Waals surface area contributed by atoms with Gasteiger partial charge in [-0.05, 0) is 85.9 Å². The molecule has 3 aromatic rings. The number of amides is 2. The van der Waals surface area contributed by atoms with E-state index in [1.807, 2.05) is 24.3 Å². The SMILES string of the molecule is COc1ccc(CN(Cc2cccs2)C2CCN(C(=O)c3cccc(OC)c3)[C@@H](C(=O)NC3CCC(N)CC3)C2)cc1. The van der Waals surface area contributed by atoms with Gasteiger partial charge in [0, 0.05) is 48.2 Å². The fourth-order valence-corrected chi connectivity index (χ4v) is 6.86. The van der Waals surface area contributed by atoms with Crippen LogP contribution in [0.3, 0.4) is 0 Å². The standard InChI is InChI=1S/C33H42N4O4S/c1-40-28-14-8-23(9-15-28)21-36(22-30-7-4-18-42-30)27-16-17-37(33(39)24-5-3-6-29(19-24)41-2)31(20-27)32(38)35-26-12-10-25(34)11-13-26/h3-9,14-15,18-19,25-27,31H,10-13,16-17,20-22,34H2,1-2H3,(H,35,38)/t25?,26?,27?,31-/m1/s1. The Morgan fingerprint density at radius 2 is 1.71 bits per heavy atom. The third kappa shape index (κ3) is 7.51. The molecule has 2 fully saturated rings. The molecular formula is C33H42N4O4S. The van der Waals surface area contributed by atoms with Crippen molar-refractivity contribution in [3.05, 3.63) is 82.0 Å². The fourth-order valence-electron chi connectivity index (χ4n) is 6.14. The highest BCUT2D eigenvalue weighted by atomic mass is 32.1. The van der Waals surface area contributed by atoms with Gasteiger partial charge in [-0.3, -0.25) is 14.5 Å². The summed E-state index contributed by atoms with van der Waals surface area (Å²) in [6, 6.07) is 19.4. The Morgan fingerprint density at radius 3 is 2.40 bits per heavy atom. The lowest BCUT2D eigenvalue weighted by molar-refractivity contribution is -0.128. The summed E-state index contributed by atoms with van der Waals surface area (Å²) in [4.78, 5) is 33.3. The number of likely N-dealkylation sites (tertiary alicyclic amines) is 1. The second-order valence-electron chi connectivity index (χ2n) is 11.4. The van der Waals surface area contributed by atoms with Crippen molar-refractivity contribution in [1.29, 1.82) is 0 Å². The normalized spacial score (nSPS) is 22.5. The Bertz CT molecular complexity index is 1310. The number of hydrogen-bond donors (Lipinski definition) is 2. The third-order valence-corrected chi connectivity index (χ3v) is 9.43. The van der Waals surface area contributed by atoms with Crippen LogP contribution in [-0.4, -0.2) is 66.5 Å². The van der Waals surface area contributed by atoms with Crippen molar-refractivity contribution in [2.45, 2.75) is 75.8 Å². The zero-order chi connectivity index (χ0) is 29.5. The van der Waals surface area contributed by atoms with E-state index in [2.05, 4.69) is 39.9 Å². The molecule has 1 unspecified atom stereocenters. The molecule has 2 heterocycles. The predicted octanol–water partition coefficient (Wildman–Crippen LogP) is 4.83. The molecule has 0 bridgehead atoms. The Morgan fingerprint density at radius 1 is 0.952 bits per heavy atom. The van der Waals surface area contributed by atoms with Crippen LogP contribution < -0.4 is 20.5 Å². The Kier molecular flexibility index (Phi) is 10.2. The van der Waals surface area contributed by atoms with Gasteiger partial charge in [0.15, 0.2) is 0 Å². The van der Waals surface area contributed by atoms with Gasteiger partial charge in [0.1, 0.15) is 17.5 Å². The molecule has 0 radical (unpaired) electrons. The number of piperidine rings is 1. The maximum atomic E-state index is 13.9. The number of rotatable bonds is 10. The van der Waals surface area contributed by atoms with Crippen molar-refractivity contribution in [1.82, 2.24) is 15.1 Å². The molecule has 2 atom stereocenters. The number of benzene rings is 2. The smallest absolute Gasteiger partial charge is 0.254 e. The lowest BCUT2D eigenvalue weighted by atomic mass is 9.90. The number of nitrogens with one attached hydrogen (secondary N) is 1. The van der Waals surface area contributed by atoms with Crippen molar-refractivity contribution >= 4 is 23.2 Å². The summed E-state index contributed by atoms with van der Waals surface area (Å²) in [5, 5.41) is 5.39. The second kappa shape index (κ2) is 14.2. The molecule has 42 heavy (non-hydrogen) atoms. The maximum absolute atomic E-state index is 13.9. The van der Waals surface area contributed by atoms with Crippen LogP contribution in [0.1, 0.15) is 59.3 Å². The quantitative estimate of drug-likeness (QED) is 0.351. The third-order valence-electron chi connectivity index (χ3n) is 8.57. The zero-order valence-electron chi connectivity index (χ0n) is 24.5. The molecule has 8 nitrogen and oxygen atoms in total. The molecular weight excluding hydrogens is 548 g/mol. The molecule has 224 valence electrons. The van der Waals surface area contributed by atoms with Crippen LogP contribution in [0.4, 0.5) is 0 Å². The first-order valence-electron chi connectivity index (χ1n) is 14.8. The van der Waals surface area contributed by atoms with Crippen molar-refractivity contribution in [3.63, 3.8) is 0 Å². The van der Waals surface area contributed by atoms with E-state index in [1.54, 1.807) is 42.6 Å². The molecule has 0 spiro atoms. The number of methoxy groups -OCH3 is 2. The van der Waals surface area contributed by atoms with Gasteiger partial charge in [0.2, 0.25) is 5.91 Å². The number of ether oxygens (including phenoxy) is 2. The maximum Gasteiger partial charge on any atom is 0.254 e. The molecule has 2 amide bonds. The van der Waals surface area contributed by atoms with Crippen molar-refractivity contribution in [3.8, 4) is 11.5 Å². The minimum Gasteiger partial charge on any atom is -0.497 e. The highest BCUT2D eigenvalue weighted by molar-refractivity contribution is 7.09. The van der Waals surface area contributed by atoms with Crippen molar-refractivity contribution in [2.24, 2.45) is 5.73 Å². The molecule has 1 aliphatic carbocycles. The van der Waals surface area contributed by atoms with E-state index in [0.29, 0.717) is 24.3 Å². The average molecular weight is 591 g/mol. The molecule has 3 N–H and O–H groups in total. The van der Waals surface area contributed by atoms with E-state index in [9.17, 15) is 9.59 Å². The minimum absolute atomic E-state index is 0.0723. The number of thiophene rings is 1. The van der Waals surface area contributed by atoms with Gasteiger partial charge in [-0.15, -0.1) is 11.3 Å². The zero-order valence-corrected chi connectivity index (χ0v) is 25.4. The lowest BCUT2D eigenvalue weighted by Crippen LogP contribution is -2.58. The number of carbonyl (C=O) groups excluding carboxylic acids is 2. The first-order chi connectivity index (χ1) is 20.4. The Labute approximate surface area is 252 Å². The summed E-state index contributed by atoms with van der Waals surface area (Å²) in [5.41, 5.74) is 7.83. The molecule has 9 heteroatoms. The number of hydrogen-bond acceptors (Lipinski definition) is 7. The highest BCUT2D eigenvalue weighted by Gasteiger charge is 2.39. The van der Waals surface area contributed by atoms with Gasteiger partial charge in [0.25, 0.3) is 5.91 Å². The van der Waals surface area contributed by atoms with Crippen molar-refractivity contribution in [2.75, 3.05) is 20.8 Å². The van der Waals surface area contributed by atoms with Gasteiger partial charge in [-0.25, -0.2) is 0 Å².